The van der Waals surface area contributed by atoms with Gasteiger partial charge in [0, 0.05) is 20.0 Å². The molecule has 0 radical (unpaired) electrons. The van der Waals surface area contributed by atoms with E-state index < -0.39 is 0 Å². The van der Waals surface area contributed by atoms with Gasteiger partial charge in [-0.25, -0.2) is 4.98 Å². The Bertz CT molecular complexity index is 416. The molecule has 1 aromatic heterocycles. The first-order valence-electron chi connectivity index (χ1n) is 6.05. The molecule has 2 heterocycles. The van der Waals surface area contributed by atoms with E-state index in [1.807, 2.05) is 16.5 Å². The molecule has 2 rings (SSSR count). The zero-order chi connectivity index (χ0) is 12.4. The summed E-state index contributed by atoms with van der Waals surface area (Å²) < 4.78 is 1.82. The Labute approximate surface area is 107 Å². The maximum absolute atomic E-state index is 11.8. The molecule has 1 atom stereocenters. The van der Waals surface area contributed by atoms with Gasteiger partial charge in [0.05, 0.1) is 18.4 Å². The van der Waals surface area contributed by atoms with Crippen LogP contribution in [0, 0.1) is 5.92 Å². The van der Waals surface area contributed by atoms with Crippen LogP contribution in [0.3, 0.4) is 0 Å². The lowest BCUT2D eigenvalue weighted by Gasteiger charge is -2.16. The lowest BCUT2D eigenvalue weighted by molar-refractivity contribution is -0.128. The van der Waals surface area contributed by atoms with Gasteiger partial charge in [-0.1, -0.05) is 13.3 Å². The number of likely N-dealkylation sites (tertiary alicyclic amines) is 1. The van der Waals surface area contributed by atoms with Crippen LogP contribution >= 0.6 is 11.6 Å². The van der Waals surface area contributed by atoms with Crippen LogP contribution in [0.4, 0.5) is 0 Å². The van der Waals surface area contributed by atoms with E-state index in [0.717, 1.165) is 25.1 Å². The quantitative estimate of drug-likeness (QED) is 0.828. The monoisotopic (exact) mass is 255 g/mol. The Balaban J connectivity index is 2.00. The highest BCUT2D eigenvalue weighted by Gasteiger charge is 2.29. The van der Waals surface area contributed by atoms with E-state index in [0.29, 0.717) is 24.2 Å². The zero-order valence-electron chi connectivity index (χ0n) is 10.3. The first-order chi connectivity index (χ1) is 8.11. The van der Waals surface area contributed by atoms with Crippen LogP contribution < -0.4 is 0 Å². The molecule has 94 valence electrons. The van der Waals surface area contributed by atoms with Gasteiger partial charge in [0.25, 0.3) is 0 Å². The van der Waals surface area contributed by atoms with Crippen LogP contribution in [0.25, 0.3) is 0 Å². The maximum Gasteiger partial charge on any atom is 0.223 e. The van der Waals surface area contributed by atoms with Crippen molar-refractivity contribution in [3.8, 4) is 0 Å². The first-order valence-corrected chi connectivity index (χ1v) is 6.43. The van der Waals surface area contributed by atoms with Crippen molar-refractivity contribution in [3.63, 3.8) is 0 Å². The van der Waals surface area contributed by atoms with Crippen LogP contribution in [0.1, 0.15) is 31.9 Å². The number of carbonyl (C=O) groups excluding carboxylic acids is 1. The molecule has 1 aliphatic heterocycles. The van der Waals surface area contributed by atoms with Gasteiger partial charge in [-0.3, -0.25) is 4.79 Å². The molecule has 0 bridgehead atoms. The highest BCUT2D eigenvalue weighted by atomic mass is 35.5. The average molecular weight is 256 g/mol. The van der Waals surface area contributed by atoms with Gasteiger partial charge in [0.15, 0.2) is 0 Å². The van der Waals surface area contributed by atoms with Crippen LogP contribution in [0.15, 0.2) is 6.20 Å². The SMILES string of the molecule is CCCC1CC(=O)N(Cc2cnc(Cl)n2C)C1. The molecule has 0 N–H and O–H groups in total. The van der Waals surface area contributed by atoms with Crippen LogP contribution in [0.5, 0.6) is 0 Å². The summed E-state index contributed by atoms with van der Waals surface area (Å²) >= 11 is 5.88. The third-order valence-corrected chi connectivity index (χ3v) is 3.72. The molecule has 5 heteroatoms. The molecule has 0 spiro atoms. The fourth-order valence-electron chi connectivity index (χ4n) is 2.37. The fraction of sp³-hybridized carbons (Fsp3) is 0.667. The third-order valence-electron chi connectivity index (χ3n) is 3.37. The molecule has 1 unspecified atom stereocenters. The topological polar surface area (TPSA) is 38.1 Å². The van der Waals surface area contributed by atoms with Gasteiger partial charge in [-0.2, -0.15) is 0 Å². The summed E-state index contributed by atoms with van der Waals surface area (Å²) in [6.45, 7) is 3.65. The number of nitrogens with zero attached hydrogens (tertiary/aromatic N) is 3. The van der Waals surface area contributed by atoms with Crippen molar-refractivity contribution >= 4 is 17.5 Å². The second kappa shape index (κ2) is 5.08. The van der Waals surface area contributed by atoms with Crippen molar-refractivity contribution in [2.45, 2.75) is 32.7 Å². The number of hydrogen-bond donors (Lipinski definition) is 0. The van der Waals surface area contributed by atoms with E-state index in [9.17, 15) is 4.79 Å². The molecule has 0 aliphatic carbocycles. The van der Waals surface area contributed by atoms with Gasteiger partial charge in [0.2, 0.25) is 11.2 Å². The molecule has 0 saturated carbocycles. The number of hydrogen-bond acceptors (Lipinski definition) is 2. The Morgan fingerprint density at radius 3 is 2.94 bits per heavy atom. The predicted octanol–water partition coefficient (Wildman–Crippen LogP) is 2.22. The summed E-state index contributed by atoms with van der Waals surface area (Å²) in [7, 11) is 1.87. The number of carbonyl (C=O) groups is 1. The summed E-state index contributed by atoms with van der Waals surface area (Å²) in [5.41, 5.74) is 0.987. The van der Waals surface area contributed by atoms with Gasteiger partial charge >= 0.3 is 0 Å². The van der Waals surface area contributed by atoms with Gasteiger partial charge < -0.3 is 9.47 Å². The van der Waals surface area contributed by atoms with E-state index >= 15 is 0 Å². The normalized spacial score (nSPS) is 20.3. The number of aromatic nitrogens is 2. The molecule has 1 saturated heterocycles. The Hall–Kier alpha value is -1.03. The molecule has 17 heavy (non-hydrogen) atoms. The number of halogens is 1. The molecule has 0 aromatic carbocycles. The van der Waals surface area contributed by atoms with E-state index in [4.69, 9.17) is 11.6 Å². The van der Waals surface area contributed by atoms with Crippen LogP contribution in [-0.2, 0) is 18.4 Å². The van der Waals surface area contributed by atoms with E-state index in [1.165, 1.54) is 0 Å². The highest BCUT2D eigenvalue weighted by Crippen LogP contribution is 2.24. The standard InChI is InChI=1S/C12H18ClN3O/c1-3-4-9-5-11(17)16(7-9)8-10-6-14-12(13)15(10)2/h6,9H,3-5,7-8H2,1-2H3. The van der Waals surface area contributed by atoms with Crippen molar-refractivity contribution in [2.24, 2.45) is 13.0 Å². The minimum absolute atomic E-state index is 0.251. The lowest BCUT2D eigenvalue weighted by Crippen LogP contribution is -2.25. The Morgan fingerprint density at radius 2 is 2.35 bits per heavy atom. The van der Waals surface area contributed by atoms with Crippen LogP contribution in [-0.4, -0.2) is 26.9 Å². The largest absolute Gasteiger partial charge is 0.337 e. The zero-order valence-corrected chi connectivity index (χ0v) is 11.1. The minimum Gasteiger partial charge on any atom is -0.337 e. The predicted molar refractivity (Wildman–Crippen MR) is 66.7 cm³/mol. The van der Waals surface area contributed by atoms with Crippen molar-refractivity contribution in [1.82, 2.24) is 14.5 Å². The molecule has 1 amide bonds. The summed E-state index contributed by atoms with van der Waals surface area (Å²) in [5, 5.41) is 0.469. The number of rotatable bonds is 4. The van der Waals surface area contributed by atoms with Gasteiger partial charge in [-0.05, 0) is 23.9 Å². The smallest absolute Gasteiger partial charge is 0.223 e. The van der Waals surface area contributed by atoms with Crippen molar-refractivity contribution < 1.29 is 4.79 Å². The lowest BCUT2D eigenvalue weighted by atomic mass is 10.0. The number of amides is 1. The van der Waals surface area contributed by atoms with Crippen molar-refractivity contribution in [1.29, 1.82) is 0 Å². The van der Waals surface area contributed by atoms with Gasteiger partial charge in [-0.15, -0.1) is 0 Å². The minimum atomic E-state index is 0.251. The molecular weight excluding hydrogens is 238 g/mol. The van der Waals surface area contributed by atoms with Crippen molar-refractivity contribution in [2.75, 3.05) is 6.54 Å². The maximum atomic E-state index is 11.8. The van der Waals surface area contributed by atoms with E-state index in [-0.39, 0.29) is 5.91 Å². The molecule has 1 aromatic rings. The Kier molecular flexibility index (Phi) is 3.72. The third kappa shape index (κ3) is 2.63. The Morgan fingerprint density at radius 1 is 1.59 bits per heavy atom. The fourth-order valence-corrected chi connectivity index (χ4v) is 2.53. The van der Waals surface area contributed by atoms with Crippen molar-refractivity contribution in [3.05, 3.63) is 17.2 Å². The molecular formula is C12H18ClN3O. The van der Waals surface area contributed by atoms with E-state index in [1.54, 1.807) is 6.20 Å². The van der Waals surface area contributed by atoms with Crippen LogP contribution in [0.2, 0.25) is 5.28 Å². The average Bonchev–Trinajstić information content (AvgIpc) is 2.78. The van der Waals surface area contributed by atoms with Gasteiger partial charge in [0.1, 0.15) is 0 Å². The molecule has 4 nitrogen and oxygen atoms in total. The summed E-state index contributed by atoms with van der Waals surface area (Å²) in [5.74, 6) is 0.775. The first kappa shape index (κ1) is 12.4. The second-order valence-electron chi connectivity index (χ2n) is 4.71. The number of imidazole rings is 1. The highest BCUT2D eigenvalue weighted by molar-refractivity contribution is 6.28. The summed E-state index contributed by atoms with van der Waals surface area (Å²) in [6.07, 6.45) is 4.71. The molecule has 1 aliphatic rings. The second-order valence-corrected chi connectivity index (χ2v) is 5.05. The summed E-state index contributed by atoms with van der Waals surface area (Å²) in [6, 6.07) is 0. The summed E-state index contributed by atoms with van der Waals surface area (Å²) in [4.78, 5) is 17.8. The van der Waals surface area contributed by atoms with E-state index in [2.05, 4.69) is 11.9 Å². The molecule has 1 fully saturated rings.